The lowest BCUT2D eigenvalue weighted by Gasteiger charge is -2.42. The second-order valence-electron chi connectivity index (χ2n) is 18.4. The first-order valence-electron chi connectivity index (χ1n) is 21.7. The van der Waals surface area contributed by atoms with Gasteiger partial charge in [-0.1, -0.05) is 73.1 Å². The molecule has 2 N–H and O–H groups in total. The number of cyclic esters (lactones) is 1. The zero-order chi connectivity index (χ0) is 44.6. The van der Waals surface area contributed by atoms with Gasteiger partial charge in [-0.15, -0.1) is 11.8 Å². The molecule has 4 amide bonds. The normalized spacial score (nSPS) is 30.6. The molecule has 0 spiro atoms. The molecule has 3 heterocycles. The van der Waals surface area contributed by atoms with Crippen molar-refractivity contribution in [2.24, 2.45) is 28.2 Å². The van der Waals surface area contributed by atoms with Gasteiger partial charge in [0.2, 0.25) is 23.6 Å². The number of carbonyl (C=O) groups is 5. The number of rotatable bonds is 5. The number of benzene rings is 1. The first-order chi connectivity index (χ1) is 28.2. The molecular formula is C46H71N5O8S. The number of likely N-dealkylation sites (N-methyl/N-ethyl adjacent to an activating group) is 2. The maximum absolute atomic E-state index is 14.7. The Kier molecular flexibility index (Phi) is 17.3. The number of aliphatic hydroxyl groups is 1. The predicted molar refractivity (Wildman–Crippen MR) is 237 cm³/mol. The van der Waals surface area contributed by atoms with Crippen LogP contribution in [0.1, 0.15) is 106 Å². The summed E-state index contributed by atoms with van der Waals surface area (Å²) >= 11 is 1.56. The van der Waals surface area contributed by atoms with E-state index in [-0.39, 0.29) is 36.1 Å². The Morgan fingerprint density at radius 2 is 1.65 bits per heavy atom. The van der Waals surface area contributed by atoms with Gasteiger partial charge in [-0.25, -0.2) is 4.79 Å². The average molecular weight is 854 g/mol. The van der Waals surface area contributed by atoms with Crippen LogP contribution in [0.4, 0.5) is 0 Å². The number of nitrogens with zero attached hydrogens (tertiary/aromatic N) is 4. The van der Waals surface area contributed by atoms with Gasteiger partial charge >= 0.3 is 5.97 Å². The highest BCUT2D eigenvalue weighted by Crippen LogP contribution is 2.34. The third-order valence-electron chi connectivity index (χ3n) is 12.7. The van der Waals surface area contributed by atoms with Crippen molar-refractivity contribution in [2.75, 3.05) is 33.5 Å². The van der Waals surface area contributed by atoms with Crippen LogP contribution < -0.4 is 10.1 Å². The molecule has 13 nitrogen and oxygen atoms in total. The summed E-state index contributed by atoms with van der Waals surface area (Å²) in [4.78, 5) is 80.9. The van der Waals surface area contributed by atoms with Gasteiger partial charge in [0.05, 0.1) is 24.3 Å². The largest absolute Gasteiger partial charge is 0.497 e. The molecule has 1 fully saturated rings. The number of carbonyl (C=O) groups excluding carboxylic acids is 5. The van der Waals surface area contributed by atoms with E-state index in [4.69, 9.17) is 14.5 Å². The van der Waals surface area contributed by atoms with E-state index >= 15 is 0 Å². The highest BCUT2D eigenvalue weighted by Gasteiger charge is 2.44. The van der Waals surface area contributed by atoms with Crippen molar-refractivity contribution in [3.05, 3.63) is 41.5 Å². The molecule has 4 rings (SSSR count). The fraction of sp³-hybridized carbons (Fsp3) is 0.696. The summed E-state index contributed by atoms with van der Waals surface area (Å²) in [6, 6.07) is 3.18. The number of thioether (sulfide) groups is 1. The van der Waals surface area contributed by atoms with Gasteiger partial charge < -0.3 is 34.6 Å². The zero-order valence-corrected chi connectivity index (χ0v) is 38.8. The number of amides is 4. The van der Waals surface area contributed by atoms with Gasteiger partial charge in [0.25, 0.3) is 0 Å². The molecule has 1 aromatic rings. The van der Waals surface area contributed by atoms with Crippen molar-refractivity contribution in [1.29, 1.82) is 0 Å². The molecule has 60 heavy (non-hydrogen) atoms. The summed E-state index contributed by atoms with van der Waals surface area (Å²) in [6.45, 7) is 17.6. The molecule has 334 valence electrons. The second-order valence-corrected chi connectivity index (χ2v) is 19.5. The van der Waals surface area contributed by atoms with Crippen LogP contribution in [0.3, 0.4) is 0 Å². The molecule has 3 aliphatic rings. The fourth-order valence-corrected chi connectivity index (χ4v) is 9.42. The SMILES string of the molecule is CC[C@H](C)[C@H]1C(=O)N2CCCC[C@H]2C(=O)O[C@H](C(C)(C)C)C[C@@H](C)C[C@H](O)[C@H](C)C2=N[C@@H](C=C(C)C(=O)N[C@@H](Cc3ccc(OC)cc3)C(=O)N(C)[C@@H](C)C(=O)N1C)CS2. The molecule has 0 aliphatic carbocycles. The number of ether oxygens (including phenoxy) is 2. The Balaban J connectivity index is 1.76. The van der Waals surface area contributed by atoms with E-state index in [1.54, 1.807) is 62.9 Å². The van der Waals surface area contributed by atoms with E-state index in [9.17, 15) is 29.1 Å². The molecule has 0 unspecified atom stereocenters. The first kappa shape index (κ1) is 48.8. The van der Waals surface area contributed by atoms with E-state index in [2.05, 4.69) is 12.2 Å². The summed E-state index contributed by atoms with van der Waals surface area (Å²) in [5.41, 5.74) is 0.756. The van der Waals surface area contributed by atoms with Crippen LogP contribution >= 0.6 is 11.8 Å². The van der Waals surface area contributed by atoms with E-state index in [0.29, 0.717) is 55.7 Å². The Morgan fingerprint density at radius 1 is 0.983 bits per heavy atom. The van der Waals surface area contributed by atoms with E-state index in [1.165, 1.54) is 16.8 Å². The molecule has 2 bridgehead atoms. The summed E-state index contributed by atoms with van der Waals surface area (Å²) in [5, 5.41) is 15.2. The summed E-state index contributed by atoms with van der Waals surface area (Å²) in [6.07, 6.45) is 4.25. The van der Waals surface area contributed by atoms with E-state index in [0.717, 1.165) is 17.0 Å². The van der Waals surface area contributed by atoms with Crippen LogP contribution in [-0.2, 0) is 35.1 Å². The smallest absolute Gasteiger partial charge is 0.329 e. The lowest BCUT2D eigenvalue weighted by molar-refractivity contribution is -0.169. The lowest BCUT2D eigenvalue weighted by Crippen LogP contribution is -2.61. The molecule has 1 aromatic carbocycles. The van der Waals surface area contributed by atoms with Crippen molar-refractivity contribution < 1.29 is 38.6 Å². The minimum atomic E-state index is -1.03. The molecule has 0 radical (unpaired) electrons. The number of esters is 1. The number of aliphatic imine (C=N–C) groups is 1. The van der Waals surface area contributed by atoms with Crippen molar-refractivity contribution in [1.82, 2.24) is 20.0 Å². The topological polar surface area (TPSA) is 158 Å². The average Bonchev–Trinajstić information content (AvgIpc) is 3.69. The minimum Gasteiger partial charge on any atom is -0.497 e. The number of piperidine rings is 1. The van der Waals surface area contributed by atoms with Gasteiger partial charge in [-0.3, -0.25) is 24.2 Å². The number of hydrogen-bond acceptors (Lipinski definition) is 10. The molecule has 1 saturated heterocycles. The quantitative estimate of drug-likeness (QED) is 0.357. The predicted octanol–water partition coefficient (Wildman–Crippen LogP) is 5.67. The number of aliphatic hydroxyl groups excluding tert-OH is 1. The summed E-state index contributed by atoms with van der Waals surface area (Å²) < 4.78 is 11.7. The number of hydrogen-bond donors (Lipinski definition) is 2. The van der Waals surface area contributed by atoms with E-state index in [1.807, 2.05) is 53.7 Å². The third kappa shape index (κ3) is 12.1. The highest BCUT2D eigenvalue weighted by molar-refractivity contribution is 8.14. The Hall–Kier alpha value is -3.91. The van der Waals surface area contributed by atoms with Crippen molar-refractivity contribution in [2.45, 2.75) is 150 Å². The second kappa shape index (κ2) is 21.3. The molecular weight excluding hydrogens is 783 g/mol. The number of fused-ring (bicyclic) bond motifs is 2. The third-order valence-corrected chi connectivity index (χ3v) is 14.0. The highest BCUT2D eigenvalue weighted by atomic mass is 32.2. The number of nitrogens with one attached hydrogen (secondary N) is 1. The maximum atomic E-state index is 14.7. The molecule has 14 heteroatoms. The Labute approximate surface area is 362 Å². The summed E-state index contributed by atoms with van der Waals surface area (Å²) in [5.74, 6) is -1.40. The fourth-order valence-electron chi connectivity index (χ4n) is 8.28. The van der Waals surface area contributed by atoms with Crippen molar-refractivity contribution in [3.63, 3.8) is 0 Å². The van der Waals surface area contributed by atoms with Gasteiger partial charge in [-0.2, -0.15) is 0 Å². The summed E-state index contributed by atoms with van der Waals surface area (Å²) in [7, 11) is 4.69. The van der Waals surface area contributed by atoms with Crippen LogP contribution in [0.5, 0.6) is 5.75 Å². The van der Waals surface area contributed by atoms with Crippen molar-refractivity contribution in [3.8, 4) is 5.75 Å². The molecule has 3 aliphatic heterocycles. The Morgan fingerprint density at radius 3 is 2.27 bits per heavy atom. The first-order valence-corrected chi connectivity index (χ1v) is 22.7. The molecule has 10 atom stereocenters. The van der Waals surface area contributed by atoms with Crippen LogP contribution in [0.2, 0.25) is 0 Å². The zero-order valence-electron chi connectivity index (χ0n) is 38.0. The van der Waals surface area contributed by atoms with Gasteiger partial charge in [0, 0.05) is 44.3 Å². The van der Waals surface area contributed by atoms with Gasteiger partial charge in [-0.05, 0) is 80.9 Å². The van der Waals surface area contributed by atoms with Crippen LogP contribution in [0.15, 0.2) is 40.9 Å². The van der Waals surface area contributed by atoms with Crippen LogP contribution in [-0.4, -0.2) is 130 Å². The minimum absolute atomic E-state index is 0.00480. The standard InChI is InChI=1S/C46H71N5O8S/c1-13-28(3)39-44(56)51-21-15-14-16-36(51)45(57)59-38(46(7,8)9)23-27(2)22-37(52)30(5)41-47-33(26-60-41)24-29(4)40(53)48-35(25-32-17-19-34(58-12)20-18-32)43(55)49(10)31(6)42(54)50(39)11/h17-20,24,27-28,30-31,33,35-39,52H,13-16,21-23,25-26H2,1-12H3,(H,48,53)/t27-,28-,30-,31-,33-,35-,36-,37-,38-,39-/m0/s1. The lowest BCUT2D eigenvalue weighted by atomic mass is 9.81. The number of methoxy groups -OCH3 is 1. The monoisotopic (exact) mass is 854 g/mol. The maximum Gasteiger partial charge on any atom is 0.329 e. The Bertz CT molecular complexity index is 1740. The van der Waals surface area contributed by atoms with Crippen molar-refractivity contribution >= 4 is 46.4 Å². The van der Waals surface area contributed by atoms with E-state index < -0.39 is 65.5 Å². The van der Waals surface area contributed by atoms with Gasteiger partial charge in [0.15, 0.2) is 0 Å². The molecule has 0 saturated carbocycles. The molecule has 0 aromatic heterocycles. The van der Waals surface area contributed by atoms with Crippen LogP contribution in [0, 0.1) is 23.2 Å². The van der Waals surface area contributed by atoms with Crippen LogP contribution in [0.25, 0.3) is 0 Å². The van der Waals surface area contributed by atoms with Gasteiger partial charge in [0.1, 0.15) is 36.0 Å².